The van der Waals surface area contributed by atoms with Crippen molar-refractivity contribution in [1.29, 1.82) is 0 Å². The highest BCUT2D eigenvalue weighted by atomic mass is 32.2. The van der Waals surface area contributed by atoms with Crippen LogP contribution in [0.15, 0.2) is 0 Å². The fourth-order valence-corrected chi connectivity index (χ4v) is 1.20. The summed E-state index contributed by atoms with van der Waals surface area (Å²) in [4.78, 5) is 9.87. The van der Waals surface area contributed by atoms with E-state index in [-0.39, 0.29) is 6.10 Å². The minimum atomic E-state index is -0.120. The van der Waals surface area contributed by atoms with Crippen LogP contribution in [0.5, 0.6) is 0 Å². The second-order valence-corrected chi connectivity index (χ2v) is 2.31. The van der Waals surface area contributed by atoms with Crippen LogP contribution in [-0.2, 0) is 9.53 Å². The smallest absolute Gasteiger partial charge is 0.149 e. The van der Waals surface area contributed by atoms with Crippen molar-refractivity contribution in [2.45, 2.75) is 6.10 Å². The maximum Gasteiger partial charge on any atom is 0.149 e. The zero-order valence-electron chi connectivity index (χ0n) is 3.79. The topological polar surface area (TPSA) is 26.3 Å². The lowest BCUT2D eigenvalue weighted by Gasteiger charge is -1.91. The average Bonchev–Trinajstić information content (AvgIpc) is 2.14. The van der Waals surface area contributed by atoms with E-state index in [1.807, 2.05) is 0 Å². The molecule has 1 atom stereocenters. The van der Waals surface area contributed by atoms with Gasteiger partial charge in [0, 0.05) is 5.75 Å². The van der Waals surface area contributed by atoms with Crippen LogP contribution < -0.4 is 0 Å². The van der Waals surface area contributed by atoms with Crippen molar-refractivity contribution in [1.82, 2.24) is 0 Å². The lowest BCUT2D eigenvalue weighted by atomic mass is 10.5. The second kappa shape index (κ2) is 2.33. The van der Waals surface area contributed by atoms with Crippen molar-refractivity contribution in [3.63, 3.8) is 0 Å². The highest BCUT2D eigenvalue weighted by Gasteiger charge is 2.13. The highest BCUT2D eigenvalue weighted by Crippen LogP contribution is 2.13. The van der Waals surface area contributed by atoms with E-state index in [0.29, 0.717) is 5.94 Å². The standard InChI is InChI=1S/C4H6O2S/c5-1-4-2-7-3-6-4/h1,4H,2-3H2. The number of thioether (sulfide) groups is 1. The molecule has 1 aliphatic heterocycles. The summed E-state index contributed by atoms with van der Waals surface area (Å²) in [5.74, 6) is 1.52. The van der Waals surface area contributed by atoms with Gasteiger partial charge in [0.15, 0.2) is 0 Å². The predicted molar refractivity (Wildman–Crippen MR) is 28.3 cm³/mol. The number of carbonyl (C=O) groups excluding carboxylic acids is 1. The van der Waals surface area contributed by atoms with E-state index < -0.39 is 0 Å². The summed E-state index contributed by atoms with van der Waals surface area (Å²) in [6.07, 6.45) is 0.727. The van der Waals surface area contributed by atoms with Gasteiger partial charge < -0.3 is 9.53 Å². The molecule has 1 rings (SSSR count). The van der Waals surface area contributed by atoms with Crippen LogP contribution >= 0.6 is 11.8 Å². The normalized spacial score (nSPS) is 30.6. The lowest BCUT2D eigenvalue weighted by Crippen LogP contribution is -2.08. The van der Waals surface area contributed by atoms with Gasteiger partial charge in [0.25, 0.3) is 0 Å². The van der Waals surface area contributed by atoms with Gasteiger partial charge in [-0.15, -0.1) is 11.8 Å². The summed E-state index contributed by atoms with van der Waals surface area (Å²) in [5.41, 5.74) is 0. The summed E-state index contributed by atoms with van der Waals surface area (Å²) in [6, 6.07) is 0. The third-order valence-corrected chi connectivity index (χ3v) is 1.67. The molecule has 1 saturated heterocycles. The summed E-state index contributed by atoms with van der Waals surface area (Å²) in [6.45, 7) is 0. The highest BCUT2D eigenvalue weighted by molar-refractivity contribution is 7.99. The van der Waals surface area contributed by atoms with Gasteiger partial charge >= 0.3 is 0 Å². The number of rotatable bonds is 1. The lowest BCUT2D eigenvalue weighted by molar-refractivity contribution is -0.115. The molecule has 1 unspecified atom stereocenters. The Balaban J connectivity index is 2.26. The first-order valence-corrected chi connectivity index (χ1v) is 3.23. The van der Waals surface area contributed by atoms with Gasteiger partial charge in [0.2, 0.25) is 0 Å². The molecule has 2 nitrogen and oxygen atoms in total. The molecule has 1 heterocycles. The van der Waals surface area contributed by atoms with Crippen molar-refractivity contribution < 1.29 is 9.53 Å². The van der Waals surface area contributed by atoms with Crippen molar-refractivity contribution in [2.75, 3.05) is 11.7 Å². The maximum atomic E-state index is 9.87. The summed E-state index contributed by atoms with van der Waals surface area (Å²) >= 11 is 1.65. The first kappa shape index (κ1) is 5.12. The SMILES string of the molecule is O=CC1CSCO1. The zero-order valence-corrected chi connectivity index (χ0v) is 4.61. The van der Waals surface area contributed by atoms with Crippen molar-refractivity contribution in [2.24, 2.45) is 0 Å². The van der Waals surface area contributed by atoms with Gasteiger partial charge in [0.1, 0.15) is 12.4 Å². The molecule has 0 amide bonds. The first-order chi connectivity index (χ1) is 3.43. The molecule has 1 fully saturated rings. The van der Waals surface area contributed by atoms with Crippen LogP contribution in [0.1, 0.15) is 0 Å². The molecule has 7 heavy (non-hydrogen) atoms. The fourth-order valence-electron chi connectivity index (χ4n) is 0.426. The molecule has 0 radical (unpaired) electrons. The molecule has 0 aromatic heterocycles. The van der Waals surface area contributed by atoms with Crippen molar-refractivity contribution in [3.8, 4) is 0 Å². The third-order valence-electron chi connectivity index (χ3n) is 0.799. The Bertz CT molecular complexity index is 68.1. The molecule has 3 heteroatoms. The molecule has 0 bridgehead atoms. The zero-order chi connectivity index (χ0) is 5.11. The van der Waals surface area contributed by atoms with Crippen LogP contribution in [0.25, 0.3) is 0 Å². The molecule has 0 aliphatic carbocycles. The predicted octanol–water partition coefficient (Wildman–Crippen LogP) is 0.275. The summed E-state index contributed by atoms with van der Waals surface area (Å²) in [7, 11) is 0. The van der Waals surface area contributed by atoms with Crippen molar-refractivity contribution >= 4 is 18.0 Å². The Morgan fingerprint density at radius 1 is 1.86 bits per heavy atom. The molecule has 40 valence electrons. The third kappa shape index (κ3) is 1.17. The van der Waals surface area contributed by atoms with Crippen molar-refractivity contribution in [3.05, 3.63) is 0 Å². The fraction of sp³-hybridized carbons (Fsp3) is 0.750. The summed E-state index contributed by atoms with van der Waals surface area (Å²) < 4.78 is 4.90. The first-order valence-electron chi connectivity index (χ1n) is 2.08. The van der Waals surface area contributed by atoms with E-state index in [9.17, 15) is 4.79 Å². The van der Waals surface area contributed by atoms with E-state index in [2.05, 4.69) is 0 Å². The molecule has 0 aromatic rings. The summed E-state index contributed by atoms with van der Waals surface area (Å²) in [5, 5.41) is 0. The average molecular weight is 118 g/mol. The van der Waals surface area contributed by atoms with E-state index in [0.717, 1.165) is 12.0 Å². The van der Waals surface area contributed by atoms with Gasteiger partial charge in [-0.1, -0.05) is 0 Å². The molecule has 0 spiro atoms. The minimum absolute atomic E-state index is 0.120. The van der Waals surface area contributed by atoms with Crippen LogP contribution in [0, 0.1) is 0 Å². The maximum absolute atomic E-state index is 9.87. The number of aldehydes is 1. The monoisotopic (exact) mass is 118 g/mol. The molecular weight excluding hydrogens is 112 g/mol. The Labute approximate surface area is 46.2 Å². The van der Waals surface area contributed by atoms with Gasteiger partial charge in [-0.25, -0.2) is 0 Å². The van der Waals surface area contributed by atoms with E-state index in [1.54, 1.807) is 11.8 Å². The van der Waals surface area contributed by atoms with Crippen LogP contribution in [0.3, 0.4) is 0 Å². The Kier molecular flexibility index (Phi) is 1.70. The van der Waals surface area contributed by atoms with Gasteiger partial charge in [-0.05, 0) is 0 Å². The molecule has 0 N–H and O–H groups in total. The van der Waals surface area contributed by atoms with Gasteiger partial charge in [0.05, 0.1) is 5.94 Å². The number of hydrogen-bond donors (Lipinski definition) is 0. The Morgan fingerprint density at radius 2 is 2.71 bits per heavy atom. The number of ether oxygens (including phenoxy) is 1. The quantitative estimate of drug-likeness (QED) is 0.462. The van der Waals surface area contributed by atoms with Gasteiger partial charge in [-0.2, -0.15) is 0 Å². The minimum Gasteiger partial charge on any atom is -0.359 e. The molecule has 1 aliphatic rings. The van der Waals surface area contributed by atoms with E-state index >= 15 is 0 Å². The molecular formula is C4H6O2S. The molecule has 0 aromatic carbocycles. The number of hydrogen-bond acceptors (Lipinski definition) is 3. The second-order valence-electron chi connectivity index (χ2n) is 1.33. The molecule has 0 saturated carbocycles. The Morgan fingerprint density at radius 3 is 3.00 bits per heavy atom. The van der Waals surface area contributed by atoms with Crippen LogP contribution in [-0.4, -0.2) is 24.1 Å². The number of carbonyl (C=O) groups is 1. The van der Waals surface area contributed by atoms with E-state index in [4.69, 9.17) is 4.74 Å². The van der Waals surface area contributed by atoms with E-state index in [1.165, 1.54) is 0 Å². The van der Waals surface area contributed by atoms with Crippen LogP contribution in [0.2, 0.25) is 0 Å². The van der Waals surface area contributed by atoms with Crippen LogP contribution in [0.4, 0.5) is 0 Å². The largest absolute Gasteiger partial charge is 0.359 e. The Hall–Kier alpha value is -0.0200. The van der Waals surface area contributed by atoms with Gasteiger partial charge in [-0.3, -0.25) is 0 Å².